The third-order valence-corrected chi connectivity index (χ3v) is 5.86. The molecule has 0 bridgehead atoms. The van der Waals surface area contributed by atoms with Crippen LogP contribution in [0.2, 0.25) is 0 Å². The lowest BCUT2D eigenvalue weighted by atomic mass is 10.1. The number of rotatable bonds is 10. The first kappa shape index (κ1) is 29.7. The zero-order valence-corrected chi connectivity index (χ0v) is 21.5. The van der Waals surface area contributed by atoms with E-state index >= 15 is 0 Å². The molecule has 0 radical (unpaired) electrons. The Hall–Kier alpha value is -4.31. The van der Waals surface area contributed by atoms with Crippen molar-refractivity contribution in [3.8, 4) is 23.0 Å². The average molecular weight is 585 g/mol. The van der Waals surface area contributed by atoms with Gasteiger partial charge in [0.15, 0.2) is 11.6 Å². The number of carbonyl (C=O) groups is 2. The molecule has 1 amide bonds. The van der Waals surface area contributed by atoms with Gasteiger partial charge in [0.1, 0.15) is 17.1 Å². The molecule has 11 nitrogen and oxygen atoms in total. The molecule has 41 heavy (non-hydrogen) atoms. The van der Waals surface area contributed by atoms with Crippen LogP contribution in [0, 0.1) is 11.6 Å². The standard InChI is InChI=1S/C25H24F5N5O6/c1-38-18-13-14(32-21(36)19-16(26)5-6-17(20(19)27)40-23(37)25(28,29)30)3-4-15(18)22-33-34-24(41-22)31-7-2-8-35-9-11-39-12-10-35/h3-6,13H,2,7-12H2,1H3,(H,31,34)(H,32,36). The van der Waals surface area contributed by atoms with Crippen LogP contribution in [0.25, 0.3) is 11.5 Å². The molecule has 4 rings (SSSR count). The Morgan fingerprint density at radius 2 is 1.83 bits per heavy atom. The lowest BCUT2D eigenvalue weighted by Gasteiger charge is -2.26. The second-order valence-electron chi connectivity index (χ2n) is 8.64. The van der Waals surface area contributed by atoms with E-state index in [1.165, 1.54) is 25.3 Å². The molecule has 16 heteroatoms. The van der Waals surface area contributed by atoms with E-state index < -0.39 is 41.0 Å². The van der Waals surface area contributed by atoms with Gasteiger partial charge in [-0.2, -0.15) is 13.2 Å². The molecule has 1 aromatic heterocycles. The number of aromatic nitrogens is 2. The van der Waals surface area contributed by atoms with Crippen molar-refractivity contribution in [3.63, 3.8) is 0 Å². The molecule has 3 aromatic rings. The Bertz CT molecular complexity index is 1390. The maximum absolute atomic E-state index is 14.7. The quantitative estimate of drug-likeness (QED) is 0.157. The van der Waals surface area contributed by atoms with Crippen LogP contribution < -0.4 is 20.1 Å². The first-order valence-corrected chi connectivity index (χ1v) is 12.2. The Labute approximate surface area is 229 Å². The minimum atomic E-state index is -5.43. The predicted molar refractivity (Wildman–Crippen MR) is 133 cm³/mol. The van der Waals surface area contributed by atoms with Gasteiger partial charge in [-0.25, -0.2) is 13.6 Å². The van der Waals surface area contributed by atoms with Gasteiger partial charge in [0, 0.05) is 31.4 Å². The van der Waals surface area contributed by atoms with Gasteiger partial charge in [-0.1, -0.05) is 5.10 Å². The first-order valence-electron chi connectivity index (χ1n) is 12.2. The average Bonchev–Trinajstić information content (AvgIpc) is 3.41. The third kappa shape index (κ3) is 7.46. The summed E-state index contributed by atoms with van der Waals surface area (Å²) in [5.41, 5.74) is -0.910. The van der Waals surface area contributed by atoms with E-state index in [9.17, 15) is 31.5 Å². The number of amides is 1. The number of esters is 1. The molecule has 0 unspecified atom stereocenters. The van der Waals surface area contributed by atoms with E-state index in [4.69, 9.17) is 13.9 Å². The summed E-state index contributed by atoms with van der Waals surface area (Å²) in [6.07, 6.45) is -4.59. The van der Waals surface area contributed by atoms with Gasteiger partial charge in [-0.15, -0.1) is 5.10 Å². The Balaban J connectivity index is 1.42. The van der Waals surface area contributed by atoms with Crippen LogP contribution in [0.1, 0.15) is 16.8 Å². The molecule has 0 spiro atoms. The summed E-state index contributed by atoms with van der Waals surface area (Å²) in [7, 11) is 1.32. The molecule has 2 aromatic carbocycles. The second-order valence-corrected chi connectivity index (χ2v) is 8.64. The van der Waals surface area contributed by atoms with E-state index in [2.05, 4.69) is 30.5 Å². The number of benzene rings is 2. The van der Waals surface area contributed by atoms with Crippen molar-refractivity contribution in [1.29, 1.82) is 0 Å². The summed E-state index contributed by atoms with van der Waals surface area (Å²) in [6, 6.07) is 5.22. The topological polar surface area (TPSA) is 128 Å². The second kappa shape index (κ2) is 12.9. The number of halogens is 5. The van der Waals surface area contributed by atoms with Crippen LogP contribution in [-0.2, 0) is 9.53 Å². The molecule has 2 N–H and O–H groups in total. The van der Waals surface area contributed by atoms with Gasteiger partial charge >= 0.3 is 18.2 Å². The number of anilines is 2. The van der Waals surface area contributed by atoms with Crippen LogP contribution >= 0.6 is 0 Å². The van der Waals surface area contributed by atoms with Gasteiger partial charge in [-0.3, -0.25) is 9.69 Å². The van der Waals surface area contributed by atoms with Crippen molar-refractivity contribution in [2.24, 2.45) is 0 Å². The molecule has 1 saturated heterocycles. The van der Waals surface area contributed by atoms with Gasteiger partial charge in [0.25, 0.3) is 11.8 Å². The normalized spacial score (nSPS) is 14.0. The lowest BCUT2D eigenvalue weighted by molar-refractivity contribution is -0.189. The molecule has 1 fully saturated rings. The fourth-order valence-electron chi connectivity index (χ4n) is 3.84. The number of carbonyl (C=O) groups excluding carboxylic acids is 2. The van der Waals surface area contributed by atoms with Crippen molar-refractivity contribution >= 4 is 23.6 Å². The fourth-order valence-corrected chi connectivity index (χ4v) is 3.84. The predicted octanol–water partition coefficient (Wildman–Crippen LogP) is 3.88. The molecule has 2 heterocycles. The van der Waals surface area contributed by atoms with Crippen LogP contribution in [0.15, 0.2) is 34.7 Å². The van der Waals surface area contributed by atoms with Gasteiger partial charge in [0.05, 0.1) is 25.9 Å². The van der Waals surface area contributed by atoms with E-state index in [1.807, 2.05) is 0 Å². The number of morpholine rings is 1. The monoisotopic (exact) mass is 585 g/mol. The first-order chi connectivity index (χ1) is 19.6. The van der Waals surface area contributed by atoms with Crippen molar-refractivity contribution in [2.45, 2.75) is 12.6 Å². The van der Waals surface area contributed by atoms with E-state index in [-0.39, 0.29) is 23.3 Å². The number of methoxy groups -OCH3 is 1. The van der Waals surface area contributed by atoms with Crippen molar-refractivity contribution in [1.82, 2.24) is 15.1 Å². The summed E-state index contributed by atoms with van der Waals surface area (Å²) >= 11 is 0. The molecular weight excluding hydrogens is 561 g/mol. The number of hydrogen-bond donors (Lipinski definition) is 2. The zero-order chi connectivity index (χ0) is 29.6. The van der Waals surface area contributed by atoms with Crippen LogP contribution in [0.3, 0.4) is 0 Å². The highest BCUT2D eigenvalue weighted by Gasteiger charge is 2.42. The summed E-state index contributed by atoms with van der Waals surface area (Å²) in [5.74, 6) is -8.31. The highest BCUT2D eigenvalue weighted by Crippen LogP contribution is 2.33. The number of nitrogens with one attached hydrogen (secondary N) is 2. The van der Waals surface area contributed by atoms with Crippen molar-refractivity contribution in [2.75, 3.05) is 57.1 Å². The molecule has 220 valence electrons. The highest BCUT2D eigenvalue weighted by atomic mass is 19.4. The molecule has 0 atom stereocenters. The number of nitrogens with zero attached hydrogens (tertiary/aromatic N) is 3. The minimum absolute atomic E-state index is 0.00747. The van der Waals surface area contributed by atoms with Gasteiger partial charge < -0.3 is 29.3 Å². The maximum Gasteiger partial charge on any atom is 0.491 e. The fraction of sp³-hybridized carbons (Fsp3) is 0.360. The van der Waals surface area contributed by atoms with Crippen molar-refractivity contribution < 1.29 is 50.2 Å². The Morgan fingerprint density at radius 1 is 1.07 bits per heavy atom. The van der Waals surface area contributed by atoms with E-state index in [0.29, 0.717) is 37.5 Å². The molecule has 0 saturated carbocycles. The van der Waals surface area contributed by atoms with Crippen molar-refractivity contribution in [3.05, 3.63) is 47.5 Å². The largest absolute Gasteiger partial charge is 0.496 e. The summed E-state index contributed by atoms with van der Waals surface area (Å²) in [4.78, 5) is 26.0. The summed E-state index contributed by atoms with van der Waals surface area (Å²) in [5, 5.41) is 13.2. The third-order valence-electron chi connectivity index (χ3n) is 5.86. The van der Waals surface area contributed by atoms with E-state index in [1.54, 1.807) is 0 Å². The van der Waals surface area contributed by atoms with Crippen LogP contribution in [-0.4, -0.2) is 79.7 Å². The smallest absolute Gasteiger partial charge is 0.491 e. The highest BCUT2D eigenvalue weighted by molar-refractivity contribution is 6.05. The van der Waals surface area contributed by atoms with Gasteiger partial charge in [-0.05, 0) is 37.2 Å². The van der Waals surface area contributed by atoms with Crippen LogP contribution in [0.5, 0.6) is 11.5 Å². The number of ether oxygens (including phenoxy) is 3. The molecule has 1 aliphatic rings. The van der Waals surface area contributed by atoms with E-state index in [0.717, 1.165) is 26.1 Å². The minimum Gasteiger partial charge on any atom is -0.496 e. The lowest BCUT2D eigenvalue weighted by Crippen LogP contribution is -2.37. The molecule has 0 aliphatic carbocycles. The Morgan fingerprint density at radius 3 is 2.54 bits per heavy atom. The maximum atomic E-state index is 14.7. The SMILES string of the molecule is COc1cc(NC(=O)c2c(F)ccc(OC(=O)C(F)(F)F)c2F)ccc1-c1nnc(NCCCN2CCOCC2)o1. The molecule has 1 aliphatic heterocycles. The Kier molecular flexibility index (Phi) is 9.34. The number of hydrogen-bond acceptors (Lipinski definition) is 10. The summed E-state index contributed by atoms with van der Waals surface area (Å²) in [6.45, 7) is 4.67. The molecular formula is C25H24F5N5O6. The zero-order valence-electron chi connectivity index (χ0n) is 21.5. The summed E-state index contributed by atoms with van der Waals surface area (Å²) < 4.78 is 86.5. The van der Waals surface area contributed by atoms with Gasteiger partial charge in [0.2, 0.25) is 0 Å². The van der Waals surface area contributed by atoms with Crippen LogP contribution in [0.4, 0.5) is 33.7 Å². The number of alkyl halides is 3.